The van der Waals surface area contributed by atoms with E-state index in [0.717, 1.165) is 25.7 Å². The quantitative estimate of drug-likeness (QED) is 0.212. The SMILES string of the molecule is C/C=C(/CCC(=O)OCc1ccccc1)CCC(=O)n1c(I)cc2ccccc21. The largest absolute Gasteiger partial charge is 0.461 e. The number of allylic oxidation sites excluding steroid dienone is 2. The molecular formula is C24H24INO3. The standard InChI is InChI=1S/C24H24INO3/c1-2-18(13-15-24(28)29-17-19-8-4-3-5-9-19)12-14-23(27)26-21-11-7-6-10-20(21)16-22(26)25/h2-11,16H,12-15,17H2,1H3/b18-2+. The Morgan fingerprint density at radius 3 is 2.41 bits per heavy atom. The predicted molar refractivity (Wildman–Crippen MR) is 124 cm³/mol. The summed E-state index contributed by atoms with van der Waals surface area (Å²) in [5.41, 5.74) is 3.01. The molecule has 4 nitrogen and oxygen atoms in total. The molecule has 0 aliphatic carbocycles. The minimum absolute atomic E-state index is 0.0709. The summed E-state index contributed by atoms with van der Waals surface area (Å²) in [6.07, 6.45) is 3.99. The maximum absolute atomic E-state index is 12.8. The van der Waals surface area contributed by atoms with Gasteiger partial charge in [-0.05, 0) is 60.1 Å². The number of rotatable bonds is 8. The first kappa shape index (κ1) is 21.3. The second-order valence-electron chi connectivity index (χ2n) is 6.85. The molecule has 5 heteroatoms. The molecule has 0 saturated heterocycles. The van der Waals surface area contributed by atoms with Crippen LogP contribution >= 0.6 is 22.6 Å². The van der Waals surface area contributed by atoms with Crippen molar-refractivity contribution in [3.63, 3.8) is 0 Å². The highest BCUT2D eigenvalue weighted by molar-refractivity contribution is 14.1. The molecule has 3 rings (SSSR count). The van der Waals surface area contributed by atoms with Crippen LogP contribution in [0.15, 0.2) is 72.3 Å². The number of esters is 1. The predicted octanol–water partition coefficient (Wildman–Crippen LogP) is 6.14. The van der Waals surface area contributed by atoms with Gasteiger partial charge in [0.05, 0.1) is 9.22 Å². The maximum atomic E-state index is 12.8. The lowest BCUT2D eigenvalue weighted by Gasteiger charge is -2.09. The summed E-state index contributed by atoms with van der Waals surface area (Å²) in [4.78, 5) is 24.8. The van der Waals surface area contributed by atoms with Crippen LogP contribution in [0.2, 0.25) is 0 Å². The Morgan fingerprint density at radius 2 is 1.66 bits per heavy atom. The number of aromatic nitrogens is 1. The van der Waals surface area contributed by atoms with Gasteiger partial charge in [0.1, 0.15) is 6.61 Å². The lowest BCUT2D eigenvalue weighted by atomic mass is 10.0. The third-order valence-corrected chi connectivity index (χ3v) is 5.67. The van der Waals surface area contributed by atoms with E-state index in [4.69, 9.17) is 4.74 Å². The summed E-state index contributed by atoms with van der Waals surface area (Å²) in [6.45, 7) is 2.24. The zero-order valence-corrected chi connectivity index (χ0v) is 18.6. The summed E-state index contributed by atoms with van der Waals surface area (Å²) in [5.74, 6) is -0.146. The molecule has 0 unspecified atom stereocenters. The molecule has 0 aliphatic heterocycles. The molecule has 0 spiro atoms. The van der Waals surface area contributed by atoms with Crippen molar-refractivity contribution in [3.05, 3.63) is 81.6 Å². The fourth-order valence-electron chi connectivity index (χ4n) is 3.24. The highest BCUT2D eigenvalue weighted by atomic mass is 127. The summed E-state index contributed by atoms with van der Waals surface area (Å²) in [5, 5.41) is 1.07. The lowest BCUT2D eigenvalue weighted by molar-refractivity contribution is -0.144. The first-order chi connectivity index (χ1) is 14.1. The molecule has 0 bridgehead atoms. The molecule has 150 valence electrons. The molecule has 0 amide bonds. The van der Waals surface area contributed by atoms with E-state index in [0.29, 0.717) is 32.3 Å². The Bertz CT molecular complexity index is 1020. The summed E-state index contributed by atoms with van der Waals surface area (Å²) in [7, 11) is 0. The van der Waals surface area contributed by atoms with E-state index in [1.165, 1.54) is 0 Å². The summed E-state index contributed by atoms with van der Waals surface area (Å²) >= 11 is 2.20. The van der Waals surface area contributed by atoms with Crippen LogP contribution < -0.4 is 0 Å². The Morgan fingerprint density at radius 1 is 0.966 bits per heavy atom. The van der Waals surface area contributed by atoms with Gasteiger partial charge >= 0.3 is 5.97 Å². The minimum Gasteiger partial charge on any atom is -0.461 e. The number of carbonyl (C=O) groups is 2. The number of fused-ring (bicyclic) bond motifs is 1. The van der Waals surface area contributed by atoms with Gasteiger partial charge in [0.25, 0.3) is 0 Å². The normalized spacial score (nSPS) is 11.6. The third-order valence-electron chi connectivity index (χ3n) is 4.88. The molecule has 2 aromatic carbocycles. The molecule has 0 N–H and O–H groups in total. The van der Waals surface area contributed by atoms with Crippen molar-refractivity contribution in [1.29, 1.82) is 0 Å². The van der Waals surface area contributed by atoms with Gasteiger partial charge in [-0.1, -0.05) is 60.2 Å². The molecule has 1 aromatic heterocycles. The average Bonchev–Trinajstić information content (AvgIpc) is 3.08. The summed E-state index contributed by atoms with van der Waals surface area (Å²) in [6, 6.07) is 19.6. The van der Waals surface area contributed by atoms with Crippen molar-refractivity contribution < 1.29 is 14.3 Å². The van der Waals surface area contributed by atoms with Gasteiger partial charge in [0.2, 0.25) is 5.91 Å². The Labute approximate surface area is 184 Å². The number of ether oxygens (including phenoxy) is 1. The average molecular weight is 501 g/mol. The van der Waals surface area contributed by atoms with E-state index in [1.54, 1.807) is 4.57 Å². The highest BCUT2D eigenvalue weighted by Gasteiger charge is 2.14. The van der Waals surface area contributed by atoms with Crippen LogP contribution in [0.5, 0.6) is 0 Å². The number of hydrogen-bond donors (Lipinski definition) is 0. The van der Waals surface area contributed by atoms with Crippen LogP contribution in [-0.4, -0.2) is 16.4 Å². The second kappa shape index (κ2) is 10.4. The van der Waals surface area contributed by atoms with Crippen molar-refractivity contribution in [1.82, 2.24) is 4.57 Å². The molecular weight excluding hydrogens is 477 g/mol. The van der Waals surface area contributed by atoms with Crippen molar-refractivity contribution >= 4 is 45.4 Å². The fourth-order valence-corrected chi connectivity index (χ4v) is 4.10. The smallest absolute Gasteiger partial charge is 0.306 e. The van der Waals surface area contributed by atoms with Gasteiger partial charge in [0, 0.05) is 18.2 Å². The number of halogens is 1. The van der Waals surface area contributed by atoms with Gasteiger partial charge in [-0.25, -0.2) is 0 Å². The third kappa shape index (κ3) is 5.79. The van der Waals surface area contributed by atoms with Crippen LogP contribution in [0, 0.1) is 3.70 Å². The van der Waals surface area contributed by atoms with E-state index >= 15 is 0 Å². The molecule has 29 heavy (non-hydrogen) atoms. The number of benzene rings is 2. The molecule has 0 saturated carbocycles. The van der Waals surface area contributed by atoms with Crippen molar-refractivity contribution in [2.45, 2.75) is 39.2 Å². The van der Waals surface area contributed by atoms with E-state index in [1.807, 2.05) is 73.7 Å². The van der Waals surface area contributed by atoms with E-state index in [9.17, 15) is 9.59 Å². The van der Waals surface area contributed by atoms with Crippen LogP contribution in [-0.2, 0) is 16.1 Å². The molecule has 3 aromatic rings. The zero-order chi connectivity index (χ0) is 20.6. The van der Waals surface area contributed by atoms with E-state index in [2.05, 4.69) is 22.6 Å². The number of para-hydroxylation sites is 1. The molecule has 0 fully saturated rings. The first-order valence-corrected chi connectivity index (χ1v) is 10.8. The molecule has 0 radical (unpaired) electrons. The van der Waals surface area contributed by atoms with Crippen molar-refractivity contribution in [2.24, 2.45) is 0 Å². The highest BCUT2D eigenvalue weighted by Crippen LogP contribution is 2.23. The fraction of sp³-hybridized carbons (Fsp3) is 0.250. The molecule has 0 atom stereocenters. The van der Waals surface area contributed by atoms with E-state index in [-0.39, 0.29) is 11.9 Å². The van der Waals surface area contributed by atoms with Crippen LogP contribution in [0.3, 0.4) is 0 Å². The molecule has 0 aliphatic rings. The number of hydrogen-bond acceptors (Lipinski definition) is 3. The van der Waals surface area contributed by atoms with Gasteiger partial charge in [0.15, 0.2) is 0 Å². The van der Waals surface area contributed by atoms with Crippen LogP contribution in [0.1, 0.15) is 43.0 Å². The maximum Gasteiger partial charge on any atom is 0.306 e. The second-order valence-corrected chi connectivity index (χ2v) is 7.95. The van der Waals surface area contributed by atoms with Crippen LogP contribution in [0.25, 0.3) is 10.9 Å². The number of nitrogens with zero attached hydrogens (tertiary/aromatic N) is 1. The Hall–Kier alpha value is -2.41. The van der Waals surface area contributed by atoms with Gasteiger partial charge in [-0.3, -0.25) is 14.2 Å². The van der Waals surface area contributed by atoms with Crippen molar-refractivity contribution in [2.75, 3.05) is 0 Å². The van der Waals surface area contributed by atoms with Gasteiger partial charge in [-0.15, -0.1) is 0 Å². The first-order valence-electron chi connectivity index (χ1n) is 9.71. The van der Waals surface area contributed by atoms with Crippen LogP contribution in [0.4, 0.5) is 0 Å². The Kier molecular flexibility index (Phi) is 7.63. The summed E-state index contributed by atoms with van der Waals surface area (Å²) < 4.78 is 8.03. The lowest BCUT2D eigenvalue weighted by Crippen LogP contribution is -2.12. The van der Waals surface area contributed by atoms with Gasteiger partial charge in [-0.2, -0.15) is 0 Å². The van der Waals surface area contributed by atoms with Crippen molar-refractivity contribution in [3.8, 4) is 0 Å². The minimum atomic E-state index is -0.217. The topological polar surface area (TPSA) is 48.3 Å². The Balaban J connectivity index is 1.49. The zero-order valence-electron chi connectivity index (χ0n) is 16.4. The molecule has 1 heterocycles. The van der Waals surface area contributed by atoms with E-state index < -0.39 is 0 Å². The number of carbonyl (C=O) groups excluding carboxylic acids is 2. The monoisotopic (exact) mass is 501 g/mol. The van der Waals surface area contributed by atoms with Gasteiger partial charge < -0.3 is 4.74 Å².